The van der Waals surface area contributed by atoms with Crippen LogP contribution in [0, 0.1) is 0 Å². The summed E-state index contributed by atoms with van der Waals surface area (Å²) in [6.45, 7) is 0. The van der Waals surface area contributed by atoms with Crippen molar-refractivity contribution in [3.8, 4) is 5.75 Å². The summed E-state index contributed by atoms with van der Waals surface area (Å²) >= 11 is 11.4. The second-order valence-electron chi connectivity index (χ2n) is 4.23. The number of rotatable bonds is 4. The first-order valence-electron chi connectivity index (χ1n) is 5.91. The number of anilines is 1. The summed E-state index contributed by atoms with van der Waals surface area (Å²) in [5.74, 6) is -0.677. The number of nitrogens with one attached hydrogen (secondary N) is 1. The Morgan fingerprint density at radius 2 is 1.65 bits per heavy atom. The molecule has 0 saturated carbocycles. The Labute approximate surface area is 139 Å². The van der Waals surface area contributed by atoms with Crippen molar-refractivity contribution in [2.24, 2.45) is 0 Å². The van der Waals surface area contributed by atoms with Gasteiger partial charge in [-0.25, -0.2) is 8.42 Å². The lowest BCUT2D eigenvalue weighted by molar-refractivity contribution is -0.274. The maximum absolute atomic E-state index is 12.3. The third-order valence-electron chi connectivity index (χ3n) is 2.56. The summed E-state index contributed by atoms with van der Waals surface area (Å²) in [5.41, 5.74) is -0.365. The highest BCUT2D eigenvalue weighted by molar-refractivity contribution is 7.92. The third kappa shape index (κ3) is 4.66. The van der Waals surface area contributed by atoms with Crippen LogP contribution in [-0.4, -0.2) is 14.8 Å². The van der Waals surface area contributed by atoms with Gasteiger partial charge >= 0.3 is 6.36 Å². The summed E-state index contributed by atoms with van der Waals surface area (Å²) < 4.78 is 67.3. The number of para-hydroxylation sites is 2. The number of halogens is 5. The minimum absolute atomic E-state index is 0.00521. The lowest BCUT2D eigenvalue weighted by atomic mass is 10.3. The lowest BCUT2D eigenvalue weighted by Crippen LogP contribution is -2.19. The fraction of sp³-hybridized carbons (Fsp3) is 0.0769. The number of sulfonamides is 1. The average molecular weight is 386 g/mol. The number of alkyl halides is 3. The number of hydrogen-bond acceptors (Lipinski definition) is 3. The average Bonchev–Trinajstić information content (AvgIpc) is 2.42. The molecule has 0 aromatic heterocycles. The van der Waals surface area contributed by atoms with E-state index in [1.54, 1.807) is 0 Å². The summed E-state index contributed by atoms with van der Waals surface area (Å²) in [5, 5.41) is 0.140. The molecule has 0 heterocycles. The van der Waals surface area contributed by atoms with Crippen LogP contribution < -0.4 is 9.46 Å². The van der Waals surface area contributed by atoms with E-state index >= 15 is 0 Å². The van der Waals surface area contributed by atoms with Gasteiger partial charge in [-0.05, 0) is 30.3 Å². The minimum Gasteiger partial charge on any atom is -0.404 e. The Hall–Kier alpha value is -1.64. The molecule has 0 radical (unpaired) electrons. The molecular formula is C13H8Cl2F3NO3S. The molecule has 1 N–H and O–H groups in total. The van der Waals surface area contributed by atoms with Crippen LogP contribution in [0.3, 0.4) is 0 Å². The highest BCUT2D eigenvalue weighted by atomic mass is 35.5. The van der Waals surface area contributed by atoms with Crippen molar-refractivity contribution in [1.29, 1.82) is 0 Å². The Balaban J connectivity index is 2.36. The van der Waals surface area contributed by atoms with Gasteiger partial charge in [0, 0.05) is 0 Å². The van der Waals surface area contributed by atoms with Crippen LogP contribution in [0.4, 0.5) is 18.9 Å². The smallest absolute Gasteiger partial charge is 0.404 e. The van der Waals surface area contributed by atoms with Gasteiger partial charge in [-0.15, -0.1) is 13.2 Å². The Kier molecular flexibility index (Phi) is 4.98. The predicted octanol–water partition coefficient (Wildman–Crippen LogP) is 4.69. The largest absolute Gasteiger partial charge is 0.573 e. The first-order valence-corrected chi connectivity index (χ1v) is 8.15. The van der Waals surface area contributed by atoms with Crippen LogP contribution >= 0.6 is 23.2 Å². The monoisotopic (exact) mass is 385 g/mol. The first-order chi connectivity index (χ1) is 10.6. The molecule has 0 bridgehead atoms. The van der Waals surface area contributed by atoms with Crippen LogP contribution in [0.15, 0.2) is 47.4 Å². The van der Waals surface area contributed by atoms with E-state index < -0.39 is 22.1 Å². The molecule has 0 atom stereocenters. The summed E-state index contributed by atoms with van der Waals surface area (Å²) in [6.07, 6.45) is -4.95. The zero-order valence-corrected chi connectivity index (χ0v) is 13.4. The van der Waals surface area contributed by atoms with E-state index in [9.17, 15) is 21.6 Å². The summed E-state index contributed by atoms with van der Waals surface area (Å²) in [6, 6.07) is 8.27. The van der Waals surface area contributed by atoms with Gasteiger partial charge in [0.15, 0.2) is 5.75 Å². The molecule has 2 aromatic carbocycles. The molecular weight excluding hydrogens is 378 g/mol. The van der Waals surface area contributed by atoms with E-state index in [1.165, 1.54) is 24.3 Å². The zero-order chi connectivity index (χ0) is 17.3. The van der Waals surface area contributed by atoms with E-state index in [4.69, 9.17) is 23.2 Å². The molecule has 4 nitrogen and oxygen atoms in total. The molecule has 10 heteroatoms. The number of ether oxygens (including phenoxy) is 1. The Bertz CT molecular complexity index is 825. The first kappa shape index (κ1) is 17.7. The van der Waals surface area contributed by atoms with Crippen molar-refractivity contribution in [2.75, 3.05) is 4.72 Å². The van der Waals surface area contributed by atoms with E-state index in [0.29, 0.717) is 0 Å². The van der Waals surface area contributed by atoms with E-state index in [-0.39, 0.29) is 20.6 Å². The van der Waals surface area contributed by atoms with Gasteiger partial charge < -0.3 is 4.74 Å². The highest BCUT2D eigenvalue weighted by Crippen LogP contribution is 2.32. The standard InChI is InChI=1S/C13H8Cl2F3NO3S/c14-9-6-5-8(7-10(9)15)23(20,21)19-11-3-1-2-4-12(11)22-13(16,17)18/h1-7,19H. The van der Waals surface area contributed by atoms with Crippen LogP contribution in [0.5, 0.6) is 5.75 Å². The molecule has 0 aliphatic carbocycles. The van der Waals surface area contributed by atoms with Crippen LogP contribution in [0.25, 0.3) is 0 Å². The van der Waals surface area contributed by atoms with Crippen LogP contribution in [0.1, 0.15) is 0 Å². The van der Waals surface area contributed by atoms with E-state index in [1.807, 2.05) is 4.72 Å². The summed E-state index contributed by atoms with van der Waals surface area (Å²) in [4.78, 5) is -0.256. The second kappa shape index (κ2) is 6.46. The second-order valence-corrected chi connectivity index (χ2v) is 6.72. The molecule has 0 spiro atoms. The molecule has 0 aliphatic heterocycles. The normalized spacial score (nSPS) is 12.0. The van der Waals surface area contributed by atoms with Gasteiger partial charge in [0.25, 0.3) is 10.0 Å². The molecule has 2 aromatic rings. The fourth-order valence-corrected chi connectivity index (χ4v) is 3.07. The quantitative estimate of drug-likeness (QED) is 0.830. The fourth-order valence-electron chi connectivity index (χ4n) is 1.61. The molecule has 0 amide bonds. The van der Waals surface area contributed by atoms with E-state index in [0.717, 1.165) is 18.2 Å². The van der Waals surface area contributed by atoms with Crippen molar-refractivity contribution in [3.63, 3.8) is 0 Å². The molecule has 0 unspecified atom stereocenters. The predicted molar refractivity (Wildman–Crippen MR) is 80.4 cm³/mol. The molecule has 23 heavy (non-hydrogen) atoms. The van der Waals surface area contributed by atoms with Crippen molar-refractivity contribution >= 4 is 38.9 Å². The van der Waals surface area contributed by atoms with E-state index in [2.05, 4.69) is 4.74 Å². The van der Waals surface area contributed by atoms with Crippen LogP contribution in [0.2, 0.25) is 10.0 Å². The van der Waals surface area contributed by atoms with Crippen molar-refractivity contribution in [2.45, 2.75) is 11.3 Å². The van der Waals surface area contributed by atoms with Gasteiger partial charge in [0.1, 0.15) is 0 Å². The minimum atomic E-state index is -4.95. The lowest BCUT2D eigenvalue weighted by Gasteiger charge is -2.15. The highest BCUT2D eigenvalue weighted by Gasteiger charge is 2.32. The molecule has 0 aliphatic rings. The number of benzene rings is 2. The maximum atomic E-state index is 12.3. The van der Waals surface area contributed by atoms with Gasteiger partial charge in [-0.1, -0.05) is 35.3 Å². The number of hydrogen-bond donors (Lipinski definition) is 1. The topological polar surface area (TPSA) is 55.4 Å². The van der Waals surface area contributed by atoms with Crippen molar-refractivity contribution in [1.82, 2.24) is 0 Å². The van der Waals surface area contributed by atoms with Gasteiger partial charge in [0.05, 0.1) is 20.6 Å². The van der Waals surface area contributed by atoms with Gasteiger partial charge in [0.2, 0.25) is 0 Å². The van der Waals surface area contributed by atoms with Crippen LogP contribution in [-0.2, 0) is 10.0 Å². The SMILES string of the molecule is O=S(=O)(Nc1ccccc1OC(F)(F)F)c1ccc(Cl)c(Cl)c1. The zero-order valence-electron chi connectivity index (χ0n) is 11.1. The third-order valence-corrected chi connectivity index (χ3v) is 4.66. The maximum Gasteiger partial charge on any atom is 0.573 e. The Morgan fingerprint density at radius 3 is 2.26 bits per heavy atom. The van der Waals surface area contributed by atoms with Crippen molar-refractivity contribution < 1.29 is 26.3 Å². The molecule has 0 saturated heterocycles. The molecule has 124 valence electrons. The Morgan fingerprint density at radius 1 is 1.00 bits per heavy atom. The summed E-state index contributed by atoms with van der Waals surface area (Å²) in [7, 11) is -4.17. The van der Waals surface area contributed by atoms with Gasteiger partial charge in [-0.3, -0.25) is 4.72 Å². The molecule has 0 fully saturated rings. The molecule has 2 rings (SSSR count). The van der Waals surface area contributed by atoms with Crippen molar-refractivity contribution in [3.05, 3.63) is 52.5 Å². The van der Waals surface area contributed by atoms with Gasteiger partial charge in [-0.2, -0.15) is 0 Å².